The standard InChI is InChI=1S/C23H33N3O4S/c1-4-5-16-26(2)17-6-15-24-23(27)20-9-7-19(8-10-20)18-25-31(28,29)22-13-11-21(30-3)12-14-22/h7-14,25H,4-6,15-18H2,1-3H3,(H,24,27). The van der Waals surface area contributed by atoms with Crippen molar-refractivity contribution in [3.05, 3.63) is 59.7 Å². The van der Waals surface area contributed by atoms with Gasteiger partial charge in [0.2, 0.25) is 10.0 Å². The molecule has 2 aromatic carbocycles. The SMILES string of the molecule is CCCCN(C)CCCNC(=O)c1ccc(CNS(=O)(=O)c2ccc(OC)cc2)cc1. The molecular weight excluding hydrogens is 414 g/mol. The van der Waals surface area contributed by atoms with E-state index in [2.05, 4.69) is 28.9 Å². The molecule has 170 valence electrons. The van der Waals surface area contributed by atoms with E-state index >= 15 is 0 Å². The lowest BCUT2D eigenvalue weighted by atomic mass is 10.1. The van der Waals surface area contributed by atoms with E-state index in [-0.39, 0.29) is 17.3 Å². The highest BCUT2D eigenvalue weighted by Gasteiger charge is 2.14. The van der Waals surface area contributed by atoms with Gasteiger partial charge in [-0.05, 0) is 74.9 Å². The van der Waals surface area contributed by atoms with Crippen LogP contribution in [0.25, 0.3) is 0 Å². The van der Waals surface area contributed by atoms with Crippen LogP contribution in [-0.4, -0.2) is 53.0 Å². The van der Waals surface area contributed by atoms with Gasteiger partial charge >= 0.3 is 0 Å². The van der Waals surface area contributed by atoms with Crippen LogP contribution in [0, 0.1) is 0 Å². The molecule has 0 heterocycles. The molecule has 0 bridgehead atoms. The normalized spacial score (nSPS) is 11.5. The molecule has 0 aliphatic carbocycles. The van der Waals surface area contributed by atoms with E-state index in [9.17, 15) is 13.2 Å². The van der Waals surface area contributed by atoms with Crippen molar-refractivity contribution in [2.24, 2.45) is 0 Å². The van der Waals surface area contributed by atoms with Gasteiger partial charge in [-0.15, -0.1) is 0 Å². The average Bonchev–Trinajstić information content (AvgIpc) is 2.79. The fourth-order valence-electron chi connectivity index (χ4n) is 2.98. The smallest absolute Gasteiger partial charge is 0.251 e. The third-order valence-corrected chi connectivity index (χ3v) is 6.36. The number of ether oxygens (including phenoxy) is 1. The number of hydrogen-bond donors (Lipinski definition) is 2. The van der Waals surface area contributed by atoms with Crippen LogP contribution >= 0.6 is 0 Å². The summed E-state index contributed by atoms with van der Waals surface area (Å²) in [7, 11) is -0.00378. The first-order valence-electron chi connectivity index (χ1n) is 10.5. The minimum absolute atomic E-state index is 0.124. The summed E-state index contributed by atoms with van der Waals surface area (Å²) in [4.78, 5) is 14.7. The highest BCUT2D eigenvalue weighted by Crippen LogP contribution is 2.15. The maximum Gasteiger partial charge on any atom is 0.251 e. The van der Waals surface area contributed by atoms with Gasteiger partial charge < -0.3 is 15.0 Å². The summed E-state index contributed by atoms with van der Waals surface area (Å²) < 4.78 is 32.4. The first-order chi connectivity index (χ1) is 14.9. The fourth-order valence-corrected chi connectivity index (χ4v) is 4.00. The molecule has 7 nitrogen and oxygen atoms in total. The van der Waals surface area contributed by atoms with Gasteiger partial charge in [-0.25, -0.2) is 13.1 Å². The number of unbranched alkanes of at least 4 members (excludes halogenated alkanes) is 1. The lowest BCUT2D eigenvalue weighted by molar-refractivity contribution is 0.0952. The summed E-state index contributed by atoms with van der Waals surface area (Å²) in [5.41, 5.74) is 1.33. The molecule has 2 N–H and O–H groups in total. The van der Waals surface area contributed by atoms with Crippen molar-refractivity contribution >= 4 is 15.9 Å². The van der Waals surface area contributed by atoms with E-state index in [0.29, 0.717) is 17.9 Å². The van der Waals surface area contributed by atoms with Gasteiger partial charge in [0, 0.05) is 18.7 Å². The van der Waals surface area contributed by atoms with Gasteiger partial charge in [-0.3, -0.25) is 4.79 Å². The zero-order chi connectivity index (χ0) is 22.7. The Hall–Kier alpha value is -2.42. The highest BCUT2D eigenvalue weighted by molar-refractivity contribution is 7.89. The van der Waals surface area contributed by atoms with Gasteiger partial charge in [0.15, 0.2) is 0 Å². The number of methoxy groups -OCH3 is 1. The van der Waals surface area contributed by atoms with Crippen LogP contribution in [0.3, 0.4) is 0 Å². The van der Waals surface area contributed by atoms with E-state index in [0.717, 1.165) is 25.1 Å². The summed E-state index contributed by atoms with van der Waals surface area (Å²) in [6.07, 6.45) is 3.27. The number of carbonyl (C=O) groups excluding carboxylic acids is 1. The highest BCUT2D eigenvalue weighted by atomic mass is 32.2. The summed E-state index contributed by atoms with van der Waals surface area (Å²) >= 11 is 0. The van der Waals surface area contributed by atoms with Crippen LogP contribution in [0.1, 0.15) is 42.1 Å². The van der Waals surface area contributed by atoms with Crippen molar-refractivity contribution in [1.82, 2.24) is 14.9 Å². The number of nitrogens with zero attached hydrogens (tertiary/aromatic N) is 1. The third kappa shape index (κ3) is 8.32. The van der Waals surface area contributed by atoms with Crippen molar-refractivity contribution in [1.29, 1.82) is 0 Å². The van der Waals surface area contributed by atoms with Crippen molar-refractivity contribution in [3.8, 4) is 5.75 Å². The predicted molar refractivity (Wildman–Crippen MR) is 123 cm³/mol. The van der Waals surface area contributed by atoms with Crippen molar-refractivity contribution < 1.29 is 17.9 Å². The average molecular weight is 448 g/mol. The maximum atomic E-state index is 12.4. The number of carbonyl (C=O) groups is 1. The van der Waals surface area contributed by atoms with Gasteiger partial charge in [0.05, 0.1) is 12.0 Å². The molecular formula is C23H33N3O4S. The zero-order valence-corrected chi connectivity index (χ0v) is 19.4. The van der Waals surface area contributed by atoms with E-state index in [1.807, 2.05) is 0 Å². The number of benzene rings is 2. The fraction of sp³-hybridized carbons (Fsp3) is 0.435. The Balaban J connectivity index is 1.79. The second-order valence-electron chi connectivity index (χ2n) is 7.46. The van der Waals surface area contributed by atoms with Gasteiger partial charge in [0.25, 0.3) is 5.91 Å². The number of hydrogen-bond acceptors (Lipinski definition) is 5. The molecule has 0 spiro atoms. The van der Waals surface area contributed by atoms with Crippen LogP contribution in [0.4, 0.5) is 0 Å². The molecule has 0 aliphatic heterocycles. The van der Waals surface area contributed by atoms with Crippen LogP contribution in [-0.2, 0) is 16.6 Å². The van der Waals surface area contributed by atoms with Gasteiger partial charge in [-0.1, -0.05) is 25.5 Å². The second-order valence-corrected chi connectivity index (χ2v) is 9.23. The van der Waals surface area contributed by atoms with Crippen LogP contribution in [0.2, 0.25) is 0 Å². The minimum atomic E-state index is -3.63. The quantitative estimate of drug-likeness (QED) is 0.461. The van der Waals surface area contributed by atoms with Gasteiger partial charge in [-0.2, -0.15) is 0 Å². The first kappa shape index (κ1) is 24.8. The van der Waals surface area contributed by atoms with Crippen LogP contribution < -0.4 is 14.8 Å². The monoisotopic (exact) mass is 447 g/mol. The first-order valence-corrected chi connectivity index (χ1v) is 12.0. The van der Waals surface area contributed by atoms with Crippen LogP contribution in [0.5, 0.6) is 5.75 Å². The number of sulfonamides is 1. The molecule has 8 heteroatoms. The summed E-state index contributed by atoms with van der Waals surface area (Å²) in [6.45, 7) is 4.97. The molecule has 0 saturated carbocycles. The van der Waals surface area contributed by atoms with Crippen molar-refractivity contribution in [2.75, 3.05) is 33.8 Å². The largest absolute Gasteiger partial charge is 0.497 e. The summed E-state index contributed by atoms with van der Waals surface area (Å²) in [5, 5.41) is 2.93. The molecule has 0 fully saturated rings. The molecule has 0 saturated heterocycles. The molecule has 0 aromatic heterocycles. The van der Waals surface area contributed by atoms with E-state index < -0.39 is 10.0 Å². The minimum Gasteiger partial charge on any atom is -0.497 e. The second kappa shape index (κ2) is 12.4. The molecule has 0 unspecified atom stereocenters. The van der Waals surface area contributed by atoms with Crippen molar-refractivity contribution in [3.63, 3.8) is 0 Å². The predicted octanol–water partition coefficient (Wildman–Crippen LogP) is 3.03. The zero-order valence-electron chi connectivity index (χ0n) is 18.6. The van der Waals surface area contributed by atoms with Crippen molar-refractivity contribution in [2.45, 2.75) is 37.6 Å². The molecule has 1 amide bonds. The lowest BCUT2D eigenvalue weighted by Crippen LogP contribution is -2.28. The van der Waals surface area contributed by atoms with E-state index in [1.165, 1.54) is 32.1 Å². The Morgan fingerprint density at radius 2 is 1.65 bits per heavy atom. The summed E-state index contributed by atoms with van der Waals surface area (Å²) in [6, 6.07) is 13.1. The molecule has 2 rings (SSSR count). The summed E-state index contributed by atoms with van der Waals surface area (Å²) in [5.74, 6) is 0.470. The molecule has 31 heavy (non-hydrogen) atoms. The molecule has 0 radical (unpaired) electrons. The van der Waals surface area contributed by atoms with E-state index in [1.54, 1.807) is 36.4 Å². The number of nitrogens with one attached hydrogen (secondary N) is 2. The Kier molecular flexibility index (Phi) is 9.97. The topological polar surface area (TPSA) is 87.7 Å². The Bertz CT molecular complexity index is 913. The lowest BCUT2D eigenvalue weighted by Gasteiger charge is -2.16. The number of rotatable bonds is 13. The molecule has 0 aliphatic rings. The van der Waals surface area contributed by atoms with E-state index in [4.69, 9.17) is 4.74 Å². The molecule has 2 aromatic rings. The molecule has 0 atom stereocenters. The van der Waals surface area contributed by atoms with Crippen LogP contribution in [0.15, 0.2) is 53.4 Å². The Labute approximate surface area is 185 Å². The Morgan fingerprint density at radius 1 is 1.00 bits per heavy atom. The maximum absolute atomic E-state index is 12.4. The number of amides is 1. The third-order valence-electron chi connectivity index (χ3n) is 4.95. The Morgan fingerprint density at radius 3 is 2.26 bits per heavy atom. The van der Waals surface area contributed by atoms with Gasteiger partial charge in [0.1, 0.15) is 5.75 Å².